The van der Waals surface area contributed by atoms with Crippen molar-refractivity contribution < 1.29 is 13.9 Å². The number of carbonyl (C=O) groups excluding carboxylic acids is 1. The van der Waals surface area contributed by atoms with Crippen molar-refractivity contribution in [3.8, 4) is 5.75 Å². The molecule has 0 unspecified atom stereocenters. The number of amides is 1. The average molecular weight is 440 g/mol. The Kier molecular flexibility index (Phi) is 6.08. The van der Waals surface area contributed by atoms with Crippen molar-refractivity contribution >= 4 is 23.5 Å². The number of ether oxygens (including phenoxy) is 1. The van der Waals surface area contributed by atoms with Crippen molar-refractivity contribution in [2.24, 2.45) is 0 Å². The number of fused-ring (bicyclic) bond motifs is 1. The summed E-state index contributed by atoms with van der Waals surface area (Å²) in [5.74, 6) is 0.369. The molecule has 8 heteroatoms. The van der Waals surface area contributed by atoms with E-state index in [1.807, 2.05) is 38.1 Å². The Morgan fingerprint density at radius 1 is 1.16 bits per heavy atom. The van der Waals surface area contributed by atoms with Gasteiger partial charge in [0.25, 0.3) is 5.56 Å². The fraction of sp³-hybridized carbons (Fsp3) is 0.261. The first kappa shape index (κ1) is 21.1. The van der Waals surface area contributed by atoms with Gasteiger partial charge in [-0.1, -0.05) is 42.1 Å². The van der Waals surface area contributed by atoms with E-state index in [9.17, 15) is 14.0 Å². The summed E-state index contributed by atoms with van der Waals surface area (Å²) < 4.78 is 19.5. The van der Waals surface area contributed by atoms with E-state index in [0.29, 0.717) is 22.0 Å². The molecule has 31 heavy (non-hydrogen) atoms. The summed E-state index contributed by atoms with van der Waals surface area (Å²) in [7, 11) is 0. The number of anilines is 1. The zero-order valence-electron chi connectivity index (χ0n) is 17.1. The van der Waals surface area contributed by atoms with E-state index < -0.39 is 5.92 Å². The number of hydrogen-bond donors (Lipinski definition) is 2. The second-order valence-corrected chi connectivity index (χ2v) is 8.52. The fourth-order valence-corrected chi connectivity index (χ4v) is 4.36. The zero-order valence-corrected chi connectivity index (χ0v) is 18.0. The zero-order chi connectivity index (χ0) is 22.0. The number of aromatic amines is 1. The summed E-state index contributed by atoms with van der Waals surface area (Å²) in [5.41, 5.74) is 1.46. The molecule has 0 aliphatic carbocycles. The second kappa shape index (κ2) is 8.93. The third-order valence-corrected chi connectivity index (χ3v) is 5.83. The Morgan fingerprint density at radius 2 is 1.90 bits per heavy atom. The Morgan fingerprint density at radius 3 is 2.61 bits per heavy atom. The summed E-state index contributed by atoms with van der Waals surface area (Å²) in [6, 6.07) is 13.9. The summed E-state index contributed by atoms with van der Waals surface area (Å²) in [6.07, 6.45) is 0.212. The van der Waals surface area contributed by atoms with Gasteiger partial charge in [-0.2, -0.15) is 0 Å². The number of halogens is 1. The molecule has 2 N–H and O–H groups in total. The summed E-state index contributed by atoms with van der Waals surface area (Å²) in [4.78, 5) is 32.4. The van der Waals surface area contributed by atoms with Gasteiger partial charge >= 0.3 is 0 Å². The first-order valence-electron chi connectivity index (χ1n) is 9.97. The predicted octanol–water partition coefficient (Wildman–Crippen LogP) is 4.46. The van der Waals surface area contributed by atoms with Crippen molar-refractivity contribution in [2.75, 3.05) is 5.32 Å². The number of benzene rings is 2. The van der Waals surface area contributed by atoms with Crippen LogP contribution in [0.3, 0.4) is 0 Å². The van der Waals surface area contributed by atoms with Crippen LogP contribution in [0.5, 0.6) is 5.75 Å². The SMILES string of the molecule is CC(C)Oc1ccc([C@@H]2CC(=O)Nc3nc(SCc4ccccc4F)[nH]c(=O)c32)cc1. The minimum atomic E-state index is -0.404. The van der Waals surface area contributed by atoms with Crippen molar-refractivity contribution in [1.29, 1.82) is 0 Å². The van der Waals surface area contributed by atoms with Gasteiger partial charge in [-0.15, -0.1) is 0 Å². The van der Waals surface area contributed by atoms with Crippen molar-refractivity contribution in [2.45, 2.75) is 43.2 Å². The highest BCUT2D eigenvalue weighted by Gasteiger charge is 2.31. The van der Waals surface area contributed by atoms with Crippen LogP contribution in [0.2, 0.25) is 0 Å². The lowest BCUT2D eigenvalue weighted by molar-refractivity contribution is -0.116. The van der Waals surface area contributed by atoms with Gasteiger partial charge in [-0.05, 0) is 43.2 Å². The number of rotatable bonds is 6. The number of H-pyrrole nitrogens is 1. The quantitative estimate of drug-likeness (QED) is 0.438. The highest BCUT2D eigenvalue weighted by molar-refractivity contribution is 7.98. The third-order valence-electron chi connectivity index (χ3n) is 4.91. The Hall–Kier alpha value is -3.13. The molecular formula is C23H22FN3O3S. The van der Waals surface area contributed by atoms with Gasteiger partial charge < -0.3 is 15.0 Å². The largest absolute Gasteiger partial charge is 0.491 e. The van der Waals surface area contributed by atoms with Crippen LogP contribution < -0.4 is 15.6 Å². The number of carbonyl (C=O) groups is 1. The number of aromatic nitrogens is 2. The topological polar surface area (TPSA) is 84.1 Å². The van der Waals surface area contributed by atoms with Crippen molar-refractivity contribution in [3.63, 3.8) is 0 Å². The van der Waals surface area contributed by atoms with Gasteiger partial charge in [0, 0.05) is 18.1 Å². The first-order chi connectivity index (χ1) is 14.9. The molecule has 0 saturated heterocycles. The molecule has 1 amide bonds. The molecule has 0 spiro atoms. The molecule has 1 atom stereocenters. The maximum atomic E-state index is 13.9. The van der Waals surface area contributed by atoms with Crippen molar-refractivity contribution in [3.05, 3.63) is 81.4 Å². The molecule has 1 aliphatic rings. The summed E-state index contributed by atoms with van der Waals surface area (Å²) in [6.45, 7) is 3.89. The minimum Gasteiger partial charge on any atom is -0.491 e. The lowest BCUT2D eigenvalue weighted by Crippen LogP contribution is -2.31. The van der Waals surface area contributed by atoms with Crippen LogP contribution in [0.25, 0.3) is 0 Å². The normalized spacial score (nSPS) is 15.5. The molecule has 0 radical (unpaired) electrons. The molecule has 160 valence electrons. The maximum Gasteiger partial charge on any atom is 0.257 e. The molecule has 1 aromatic heterocycles. The predicted molar refractivity (Wildman–Crippen MR) is 118 cm³/mol. The Labute approximate surface area is 183 Å². The molecule has 0 bridgehead atoms. The molecule has 2 aromatic carbocycles. The van der Waals surface area contributed by atoms with Crippen LogP contribution >= 0.6 is 11.8 Å². The maximum absolute atomic E-state index is 13.9. The number of hydrogen-bond acceptors (Lipinski definition) is 5. The van der Waals surface area contributed by atoms with Gasteiger partial charge in [-0.25, -0.2) is 9.37 Å². The lowest BCUT2D eigenvalue weighted by Gasteiger charge is -2.24. The van der Waals surface area contributed by atoms with E-state index in [4.69, 9.17) is 4.74 Å². The highest BCUT2D eigenvalue weighted by Crippen LogP contribution is 2.35. The standard InChI is InChI=1S/C23H22FN3O3S/c1-13(2)30-16-9-7-14(8-10-16)17-11-19(28)25-21-20(17)22(29)27-23(26-21)31-12-15-5-3-4-6-18(15)24/h3-10,13,17H,11-12H2,1-2H3,(H2,25,26,27,28,29)/t17-/m0/s1. The monoisotopic (exact) mass is 439 g/mol. The molecule has 4 rings (SSSR count). The van der Waals surface area contributed by atoms with Gasteiger partial charge in [0.15, 0.2) is 5.16 Å². The van der Waals surface area contributed by atoms with Crippen LogP contribution in [0.15, 0.2) is 58.5 Å². The van der Waals surface area contributed by atoms with E-state index in [0.717, 1.165) is 11.3 Å². The second-order valence-electron chi connectivity index (χ2n) is 7.55. The molecular weight excluding hydrogens is 417 g/mol. The first-order valence-corrected chi connectivity index (χ1v) is 11.0. The Bertz CT molecular complexity index is 1160. The summed E-state index contributed by atoms with van der Waals surface area (Å²) in [5, 5.41) is 3.03. The van der Waals surface area contributed by atoms with Gasteiger partial charge in [0.1, 0.15) is 17.4 Å². The molecule has 1 aliphatic heterocycles. The molecule has 2 heterocycles. The molecule has 0 saturated carbocycles. The highest BCUT2D eigenvalue weighted by atomic mass is 32.2. The van der Waals surface area contributed by atoms with Crippen LogP contribution in [-0.2, 0) is 10.5 Å². The number of thioether (sulfide) groups is 1. The van der Waals surface area contributed by atoms with Crippen LogP contribution in [0.4, 0.5) is 10.2 Å². The fourth-order valence-electron chi connectivity index (χ4n) is 3.52. The molecule has 6 nitrogen and oxygen atoms in total. The van der Waals surface area contributed by atoms with Crippen LogP contribution in [0.1, 0.15) is 42.9 Å². The minimum absolute atomic E-state index is 0.0550. The van der Waals surface area contributed by atoms with Gasteiger partial charge in [0.2, 0.25) is 5.91 Å². The van der Waals surface area contributed by atoms with Crippen LogP contribution in [-0.4, -0.2) is 22.0 Å². The van der Waals surface area contributed by atoms with Crippen LogP contribution in [0, 0.1) is 5.82 Å². The summed E-state index contributed by atoms with van der Waals surface area (Å²) >= 11 is 1.21. The van der Waals surface area contributed by atoms with E-state index in [2.05, 4.69) is 15.3 Å². The lowest BCUT2D eigenvalue weighted by atomic mass is 9.87. The average Bonchev–Trinajstić information content (AvgIpc) is 2.72. The molecule has 0 fully saturated rings. The van der Waals surface area contributed by atoms with E-state index >= 15 is 0 Å². The van der Waals surface area contributed by atoms with Gasteiger partial charge in [-0.3, -0.25) is 9.59 Å². The van der Waals surface area contributed by atoms with E-state index in [1.54, 1.807) is 18.2 Å². The Balaban J connectivity index is 1.61. The van der Waals surface area contributed by atoms with E-state index in [-0.39, 0.29) is 35.6 Å². The van der Waals surface area contributed by atoms with E-state index in [1.165, 1.54) is 17.8 Å². The van der Waals surface area contributed by atoms with Crippen molar-refractivity contribution in [1.82, 2.24) is 9.97 Å². The smallest absolute Gasteiger partial charge is 0.257 e. The van der Waals surface area contributed by atoms with Gasteiger partial charge in [0.05, 0.1) is 11.7 Å². The number of nitrogens with zero attached hydrogens (tertiary/aromatic N) is 1. The molecule has 3 aromatic rings. The third kappa shape index (κ3) is 4.80. The number of nitrogens with one attached hydrogen (secondary N) is 2.